The Morgan fingerprint density at radius 3 is 3.18 bits per heavy atom. The lowest BCUT2D eigenvalue weighted by molar-refractivity contribution is 0.0520. The number of aromatic amines is 2. The second-order valence-corrected chi connectivity index (χ2v) is 3.92. The fourth-order valence-corrected chi connectivity index (χ4v) is 2.15. The van der Waals surface area contributed by atoms with Crippen molar-refractivity contribution in [3.8, 4) is 11.3 Å². The number of nitrogens with one attached hydrogen (secondary N) is 2. The molecule has 0 amide bonds. The largest absolute Gasteiger partial charge is 0.461 e. The number of esters is 1. The summed E-state index contributed by atoms with van der Waals surface area (Å²) in [6.45, 7) is 2.12. The van der Waals surface area contributed by atoms with Crippen LogP contribution in [0.5, 0.6) is 0 Å². The van der Waals surface area contributed by atoms with Crippen LogP contribution in [-0.2, 0) is 17.6 Å². The third-order valence-corrected chi connectivity index (χ3v) is 2.92. The number of carbonyl (C=O) groups is 1. The standard InChI is InChI=1S/C11H12N4O2/c1-2-17-11(16)10-8-7(13-15-10)4-3-6-5-12-14-9(6)8/h5H,2-4H2,1H3,(H,12,14)(H,13,15). The van der Waals surface area contributed by atoms with E-state index < -0.39 is 5.97 Å². The lowest BCUT2D eigenvalue weighted by Crippen LogP contribution is -2.09. The molecular formula is C11H12N4O2. The molecule has 1 aliphatic carbocycles. The summed E-state index contributed by atoms with van der Waals surface area (Å²) in [4.78, 5) is 11.8. The highest BCUT2D eigenvalue weighted by molar-refractivity contribution is 5.96. The van der Waals surface area contributed by atoms with Gasteiger partial charge in [0.05, 0.1) is 24.1 Å². The van der Waals surface area contributed by atoms with Gasteiger partial charge in [-0.3, -0.25) is 10.2 Å². The summed E-state index contributed by atoms with van der Waals surface area (Å²) < 4.78 is 4.99. The Morgan fingerprint density at radius 1 is 1.47 bits per heavy atom. The molecule has 3 rings (SSSR count). The molecule has 0 fully saturated rings. The van der Waals surface area contributed by atoms with Crippen LogP contribution in [-0.4, -0.2) is 33.0 Å². The predicted octanol–water partition coefficient (Wildman–Crippen LogP) is 1.08. The van der Waals surface area contributed by atoms with Crippen molar-refractivity contribution in [2.24, 2.45) is 0 Å². The van der Waals surface area contributed by atoms with Gasteiger partial charge in [0, 0.05) is 5.69 Å². The monoisotopic (exact) mass is 232 g/mol. The number of rotatable bonds is 2. The molecule has 2 heterocycles. The molecule has 2 aromatic heterocycles. The van der Waals surface area contributed by atoms with E-state index >= 15 is 0 Å². The molecule has 2 aromatic rings. The zero-order valence-electron chi connectivity index (χ0n) is 9.41. The number of carbonyl (C=O) groups excluding carboxylic acids is 1. The van der Waals surface area contributed by atoms with Crippen LogP contribution in [0.3, 0.4) is 0 Å². The Bertz CT molecular complexity index is 570. The van der Waals surface area contributed by atoms with Crippen LogP contribution in [0.15, 0.2) is 6.20 Å². The van der Waals surface area contributed by atoms with Gasteiger partial charge in [0.1, 0.15) is 0 Å². The average molecular weight is 232 g/mol. The van der Waals surface area contributed by atoms with Gasteiger partial charge in [-0.2, -0.15) is 10.2 Å². The van der Waals surface area contributed by atoms with Crippen molar-refractivity contribution in [1.29, 1.82) is 0 Å². The van der Waals surface area contributed by atoms with E-state index in [1.807, 2.05) is 0 Å². The molecule has 17 heavy (non-hydrogen) atoms. The molecule has 0 atom stereocenters. The van der Waals surface area contributed by atoms with Gasteiger partial charge in [-0.1, -0.05) is 0 Å². The summed E-state index contributed by atoms with van der Waals surface area (Å²) in [5.41, 5.74) is 4.10. The molecule has 0 saturated heterocycles. The summed E-state index contributed by atoms with van der Waals surface area (Å²) in [6.07, 6.45) is 3.54. The van der Waals surface area contributed by atoms with E-state index in [4.69, 9.17) is 4.74 Å². The first kappa shape index (κ1) is 10.1. The molecule has 1 aliphatic rings. The van der Waals surface area contributed by atoms with Crippen LogP contribution in [0.25, 0.3) is 11.3 Å². The fourth-order valence-electron chi connectivity index (χ4n) is 2.15. The Morgan fingerprint density at radius 2 is 2.35 bits per heavy atom. The van der Waals surface area contributed by atoms with Gasteiger partial charge in [0.15, 0.2) is 5.69 Å². The second-order valence-electron chi connectivity index (χ2n) is 3.92. The lowest BCUT2D eigenvalue weighted by Gasteiger charge is -2.11. The summed E-state index contributed by atoms with van der Waals surface area (Å²) in [7, 11) is 0. The van der Waals surface area contributed by atoms with E-state index in [0.717, 1.165) is 35.4 Å². The highest BCUT2D eigenvalue weighted by Crippen LogP contribution is 2.33. The highest BCUT2D eigenvalue weighted by atomic mass is 16.5. The van der Waals surface area contributed by atoms with Crippen molar-refractivity contribution in [2.75, 3.05) is 6.61 Å². The first-order chi connectivity index (χ1) is 8.31. The minimum absolute atomic E-state index is 0.340. The van der Waals surface area contributed by atoms with Gasteiger partial charge in [-0.05, 0) is 25.3 Å². The lowest BCUT2D eigenvalue weighted by atomic mass is 9.94. The van der Waals surface area contributed by atoms with Crippen LogP contribution >= 0.6 is 0 Å². The van der Waals surface area contributed by atoms with Crippen LogP contribution in [0.1, 0.15) is 28.7 Å². The first-order valence-electron chi connectivity index (χ1n) is 5.58. The first-order valence-corrected chi connectivity index (χ1v) is 5.58. The molecule has 0 saturated carbocycles. The van der Waals surface area contributed by atoms with E-state index in [-0.39, 0.29) is 0 Å². The third-order valence-electron chi connectivity index (χ3n) is 2.92. The number of nitrogens with zero attached hydrogens (tertiary/aromatic N) is 2. The third kappa shape index (κ3) is 1.44. The van der Waals surface area contributed by atoms with Gasteiger partial charge in [-0.25, -0.2) is 4.79 Å². The van der Waals surface area contributed by atoms with Crippen molar-refractivity contribution < 1.29 is 9.53 Å². The smallest absolute Gasteiger partial charge is 0.359 e. The van der Waals surface area contributed by atoms with Crippen LogP contribution < -0.4 is 0 Å². The number of ether oxygens (including phenoxy) is 1. The van der Waals surface area contributed by atoms with Crippen molar-refractivity contribution in [2.45, 2.75) is 19.8 Å². The molecule has 0 aromatic carbocycles. The highest BCUT2D eigenvalue weighted by Gasteiger charge is 2.27. The number of H-pyrrole nitrogens is 2. The molecule has 0 bridgehead atoms. The Kier molecular flexibility index (Phi) is 2.21. The molecular weight excluding hydrogens is 220 g/mol. The molecule has 0 aliphatic heterocycles. The van der Waals surface area contributed by atoms with Crippen molar-refractivity contribution >= 4 is 5.97 Å². The van der Waals surface area contributed by atoms with Crippen molar-refractivity contribution in [3.05, 3.63) is 23.1 Å². The quantitative estimate of drug-likeness (QED) is 0.759. The van der Waals surface area contributed by atoms with Gasteiger partial charge < -0.3 is 4.74 Å². The molecule has 6 nitrogen and oxygen atoms in total. The van der Waals surface area contributed by atoms with Gasteiger partial charge in [0.2, 0.25) is 0 Å². The molecule has 0 unspecified atom stereocenters. The predicted molar refractivity (Wildman–Crippen MR) is 59.5 cm³/mol. The van der Waals surface area contributed by atoms with Crippen LogP contribution in [0.4, 0.5) is 0 Å². The molecule has 0 radical (unpaired) electrons. The van der Waals surface area contributed by atoms with Crippen LogP contribution in [0.2, 0.25) is 0 Å². The van der Waals surface area contributed by atoms with E-state index in [0.29, 0.717) is 12.3 Å². The maximum atomic E-state index is 11.8. The minimum Gasteiger partial charge on any atom is -0.461 e. The van der Waals surface area contributed by atoms with E-state index in [1.165, 1.54) is 0 Å². The number of aryl methyl sites for hydroxylation is 2. The zero-order chi connectivity index (χ0) is 11.8. The number of aromatic nitrogens is 4. The van der Waals surface area contributed by atoms with Gasteiger partial charge in [-0.15, -0.1) is 0 Å². The Labute approximate surface area is 97.4 Å². The van der Waals surface area contributed by atoms with Crippen molar-refractivity contribution in [3.63, 3.8) is 0 Å². The van der Waals surface area contributed by atoms with Crippen LogP contribution in [0, 0.1) is 0 Å². The fraction of sp³-hybridized carbons (Fsp3) is 0.364. The zero-order valence-corrected chi connectivity index (χ0v) is 9.41. The SMILES string of the molecule is CCOC(=O)c1n[nH]c2c1-c1[nH]ncc1CC2. The maximum Gasteiger partial charge on any atom is 0.359 e. The normalized spacial score (nSPS) is 13.0. The van der Waals surface area contributed by atoms with E-state index in [1.54, 1.807) is 13.1 Å². The summed E-state index contributed by atoms with van der Waals surface area (Å²) in [5, 5.41) is 13.9. The summed E-state index contributed by atoms with van der Waals surface area (Å²) >= 11 is 0. The maximum absolute atomic E-state index is 11.8. The Balaban J connectivity index is 2.11. The average Bonchev–Trinajstić information content (AvgIpc) is 2.94. The topological polar surface area (TPSA) is 83.7 Å². The van der Waals surface area contributed by atoms with Gasteiger partial charge >= 0.3 is 5.97 Å². The van der Waals surface area contributed by atoms with Crippen molar-refractivity contribution in [1.82, 2.24) is 20.4 Å². The van der Waals surface area contributed by atoms with E-state index in [9.17, 15) is 4.79 Å². The summed E-state index contributed by atoms with van der Waals surface area (Å²) in [6, 6.07) is 0. The second kappa shape index (κ2) is 3.73. The van der Waals surface area contributed by atoms with E-state index in [2.05, 4.69) is 20.4 Å². The molecule has 2 N–H and O–H groups in total. The number of hydrogen-bond acceptors (Lipinski definition) is 4. The van der Waals surface area contributed by atoms with Gasteiger partial charge in [0.25, 0.3) is 0 Å². The minimum atomic E-state index is -0.396. The number of fused-ring (bicyclic) bond motifs is 3. The molecule has 88 valence electrons. The summed E-state index contributed by atoms with van der Waals surface area (Å²) in [5.74, 6) is -0.396. The number of hydrogen-bond donors (Lipinski definition) is 2. The Hall–Kier alpha value is -2.11. The molecule has 6 heteroatoms. The molecule has 0 spiro atoms.